The van der Waals surface area contributed by atoms with Crippen LogP contribution in [-0.4, -0.2) is 22.4 Å². The molecule has 0 fully saturated rings. The van der Waals surface area contributed by atoms with Crippen LogP contribution in [-0.2, 0) is 6.42 Å². The highest BCUT2D eigenvalue weighted by Gasteiger charge is 2.09. The molecular weight excluding hydrogens is 343 g/mol. The Bertz CT molecular complexity index is 938. The maximum absolute atomic E-state index is 13.6. The molecule has 0 radical (unpaired) electrons. The van der Waals surface area contributed by atoms with Crippen LogP contribution in [0.4, 0.5) is 15.9 Å². The predicted molar refractivity (Wildman–Crippen MR) is 104 cm³/mol. The number of amides is 1. The van der Waals surface area contributed by atoms with Gasteiger partial charge in [0.25, 0.3) is 5.91 Å². The molecule has 5 nitrogen and oxygen atoms in total. The summed E-state index contributed by atoms with van der Waals surface area (Å²) in [6.07, 6.45) is 1.76. The number of carbonyl (C=O) groups is 1. The van der Waals surface area contributed by atoms with E-state index in [0.717, 1.165) is 16.8 Å². The average Bonchev–Trinajstić information content (AvgIpc) is 2.62. The number of nitrogens with zero attached hydrogens (tertiary/aromatic N) is 2. The van der Waals surface area contributed by atoms with Gasteiger partial charge in [0.2, 0.25) is 0 Å². The number of aryl methyl sites for hydroxylation is 2. The number of carbonyl (C=O) groups excluding carboxylic acids is 1. The number of benzene rings is 2. The van der Waals surface area contributed by atoms with Gasteiger partial charge in [0.05, 0.1) is 0 Å². The molecule has 0 saturated heterocycles. The molecule has 0 aliphatic carbocycles. The second-order valence-electron chi connectivity index (χ2n) is 6.39. The number of halogens is 1. The van der Waals surface area contributed by atoms with Crippen LogP contribution in [0.1, 0.15) is 27.2 Å². The lowest BCUT2D eigenvalue weighted by Crippen LogP contribution is -2.26. The molecule has 3 aromatic rings. The molecular formula is C21H21FN4O. The molecule has 0 saturated carbocycles. The van der Waals surface area contributed by atoms with E-state index < -0.39 is 0 Å². The summed E-state index contributed by atoms with van der Waals surface area (Å²) in [5.41, 5.74) is 4.00. The standard InChI is InChI=1S/C21H21FN4O/c1-14-9-15(2)11-17(10-14)26-20-12-19(24-13-25-20)21(27)23-8-7-16-5-3-4-6-18(16)22/h3-6,9-13H,7-8H2,1-2H3,(H,23,27)(H,24,25,26). The first kappa shape index (κ1) is 18.5. The lowest BCUT2D eigenvalue weighted by molar-refractivity contribution is 0.0949. The Kier molecular flexibility index (Phi) is 5.76. The van der Waals surface area contributed by atoms with E-state index in [4.69, 9.17) is 0 Å². The highest BCUT2D eigenvalue weighted by Crippen LogP contribution is 2.18. The van der Waals surface area contributed by atoms with Crippen LogP contribution in [0.5, 0.6) is 0 Å². The second-order valence-corrected chi connectivity index (χ2v) is 6.39. The van der Waals surface area contributed by atoms with Gasteiger partial charge < -0.3 is 10.6 Å². The molecule has 6 heteroatoms. The molecule has 0 aliphatic rings. The van der Waals surface area contributed by atoms with E-state index >= 15 is 0 Å². The van der Waals surface area contributed by atoms with E-state index in [2.05, 4.69) is 26.7 Å². The predicted octanol–water partition coefficient (Wildman–Crippen LogP) is 3.95. The Morgan fingerprint density at radius 3 is 2.52 bits per heavy atom. The molecule has 138 valence electrons. The third-order valence-electron chi connectivity index (χ3n) is 4.03. The molecule has 0 spiro atoms. The fourth-order valence-electron chi connectivity index (χ4n) is 2.85. The topological polar surface area (TPSA) is 66.9 Å². The van der Waals surface area contributed by atoms with E-state index in [9.17, 15) is 9.18 Å². The Labute approximate surface area is 157 Å². The first-order chi connectivity index (χ1) is 13.0. The van der Waals surface area contributed by atoms with E-state index in [0.29, 0.717) is 24.3 Å². The van der Waals surface area contributed by atoms with Crippen molar-refractivity contribution in [3.8, 4) is 0 Å². The van der Waals surface area contributed by atoms with Gasteiger partial charge in [-0.2, -0.15) is 0 Å². The maximum Gasteiger partial charge on any atom is 0.270 e. The third kappa shape index (κ3) is 5.10. The number of aromatic nitrogens is 2. The van der Waals surface area contributed by atoms with Crippen molar-refractivity contribution in [2.45, 2.75) is 20.3 Å². The van der Waals surface area contributed by atoms with Gasteiger partial charge in [-0.25, -0.2) is 14.4 Å². The van der Waals surface area contributed by atoms with Crippen molar-refractivity contribution in [2.24, 2.45) is 0 Å². The molecule has 3 rings (SSSR count). The maximum atomic E-state index is 13.6. The summed E-state index contributed by atoms with van der Waals surface area (Å²) in [7, 11) is 0. The van der Waals surface area contributed by atoms with E-state index in [-0.39, 0.29) is 17.4 Å². The van der Waals surface area contributed by atoms with Crippen LogP contribution in [0.15, 0.2) is 54.9 Å². The molecule has 1 amide bonds. The van der Waals surface area contributed by atoms with Crippen LogP contribution in [0.25, 0.3) is 0 Å². The fourth-order valence-corrected chi connectivity index (χ4v) is 2.85. The van der Waals surface area contributed by atoms with Crippen molar-refractivity contribution in [3.05, 3.63) is 83.1 Å². The molecule has 27 heavy (non-hydrogen) atoms. The average molecular weight is 364 g/mol. The summed E-state index contributed by atoms with van der Waals surface area (Å²) >= 11 is 0. The van der Waals surface area contributed by atoms with Gasteiger partial charge in [-0.15, -0.1) is 0 Å². The highest BCUT2D eigenvalue weighted by molar-refractivity contribution is 5.92. The van der Waals surface area contributed by atoms with Crippen molar-refractivity contribution in [2.75, 3.05) is 11.9 Å². The molecule has 1 aromatic heterocycles. The summed E-state index contributed by atoms with van der Waals surface area (Å²) in [4.78, 5) is 20.5. The van der Waals surface area contributed by atoms with Crippen molar-refractivity contribution in [3.63, 3.8) is 0 Å². The minimum Gasteiger partial charge on any atom is -0.350 e. The SMILES string of the molecule is Cc1cc(C)cc(Nc2cc(C(=O)NCCc3ccccc3F)ncn2)c1. The molecule has 2 N–H and O–H groups in total. The number of hydrogen-bond donors (Lipinski definition) is 2. The van der Waals surface area contributed by atoms with Gasteiger partial charge >= 0.3 is 0 Å². The van der Waals surface area contributed by atoms with Crippen LogP contribution >= 0.6 is 0 Å². The van der Waals surface area contributed by atoms with E-state index in [1.54, 1.807) is 24.3 Å². The minimum absolute atomic E-state index is 0.255. The van der Waals surface area contributed by atoms with E-state index in [1.807, 2.05) is 26.0 Å². The second kappa shape index (κ2) is 8.40. The van der Waals surface area contributed by atoms with Gasteiger partial charge in [-0.1, -0.05) is 24.3 Å². The number of nitrogens with one attached hydrogen (secondary N) is 2. The van der Waals surface area contributed by atoms with Gasteiger partial charge in [-0.3, -0.25) is 4.79 Å². The summed E-state index contributed by atoms with van der Waals surface area (Å²) in [6, 6.07) is 14.2. The summed E-state index contributed by atoms with van der Waals surface area (Å²) in [5.74, 6) is -0.0554. The van der Waals surface area contributed by atoms with Gasteiger partial charge in [0.1, 0.15) is 23.7 Å². The molecule has 1 heterocycles. The summed E-state index contributed by atoms with van der Waals surface area (Å²) in [6.45, 7) is 4.36. The molecule has 0 bridgehead atoms. The van der Waals surface area contributed by atoms with Crippen molar-refractivity contribution >= 4 is 17.4 Å². The first-order valence-corrected chi connectivity index (χ1v) is 8.70. The van der Waals surface area contributed by atoms with Crippen molar-refractivity contribution < 1.29 is 9.18 Å². The number of anilines is 2. The largest absolute Gasteiger partial charge is 0.350 e. The van der Waals surface area contributed by atoms with E-state index in [1.165, 1.54) is 12.4 Å². The smallest absolute Gasteiger partial charge is 0.270 e. The minimum atomic E-state index is -0.322. The molecule has 2 aromatic carbocycles. The summed E-state index contributed by atoms with van der Waals surface area (Å²) < 4.78 is 13.6. The lowest BCUT2D eigenvalue weighted by Gasteiger charge is -2.09. The van der Waals surface area contributed by atoms with Crippen LogP contribution in [0.2, 0.25) is 0 Å². The molecule has 0 atom stereocenters. The quantitative estimate of drug-likeness (QED) is 0.695. The Morgan fingerprint density at radius 2 is 1.78 bits per heavy atom. The number of hydrogen-bond acceptors (Lipinski definition) is 4. The van der Waals surface area contributed by atoms with Gasteiger partial charge in [0.15, 0.2) is 0 Å². The molecule has 0 aliphatic heterocycles. The van der Waals surface area contributed by atoms with Crippen LogP contribution in [0, 0.1) is 19.7 Å². The third-order valence-corrected chi connectivity index (χ3v) is 4.03. The zero-order valence-corrected chi connectivity index (χ0v) is 15.3. The zero-order chi connectivity index (χ0) is 19.2. The Balaban J connectivity index is 1.62. The van der Waals surface area contributed by atoms with Crippen LogP contribution in [0.3, 0.4) is 0 Å². The van der Waals surface area contributed by atoms with Gasteiger partial charge in [-0.05, 0) is 55.2 Å². The summed E-state index contributed by atoms with van der Waals surface area (Å²) in [5, 5.41) is 5.95. The molecule has 0 unspecified atom stereocenters. The highest BCUT2D eigenvalue weighted by atomic mass is 19.1. The van der Waals surface area contributed by atoms with Gasteiger partial charge in [0, 0.05) is 18.3 Å². The zero-order valence-electron chi connectivity index (χ0n) is 15.3. The fraction of sp³-hybridized carbons (Fsp3) is 0.190. The number of rotatable bonds is 6. The monoisotopic (exact) mass is 364 g/mol. The lowest BCUT2D eigenvalue weighted by atomic mass is 10.1. The van der Waals surface area contributed by atoms with Crippen LogP contribution < -0.4 is 10.6 Å². The Hall–Kier alpha value is -3.28. The van der Waals surface area contributed by atoms with Crippen molar-refractivity contribution in [1.82, 2.24) is 15.3 Å². The normalized spacial score (nSPS) is 10.5. The Morgan fingerprint density at radius 1 is 1.04 bits per heavy atom. The first-order valence-electron chi connectivity index (χ1n) is 8.70. The van der Waals surface area contributed by atoms with Crippen molar-refractivity contribution in [1.29, 1.82) is 0 Å².